The van der Waals surface area contributed by atoms with Crippen molar-refractivity contribution in [1.29, 1.82) is 0 Å². The topological polar surface area (TPSA) is 45.7 Å². The molecule has 0 aliphatic carbocycles. The van der Waals surface area contributed by atoms with Crippen molar-refractivity contribution < 1.29 is 9.53 Å². The molecular weight excluding hydrogens is 290 g/mol. The molecule has 1 amide bonds. The molecule has 2 fully saturated rings. The average molecular weight is 310 g/mol. The highest BCUT2D eigenvalue weighted by Crippen LogP contribution is 2.26. The summed E-state index contributed by atoms with van der Waals surface area (Å²) in [5.41, 5.74) is 0.990. The van der Waals surface area contributed by atoms with Gasteiger partial charge < -0.3 is 14.5 Å². The van der Waals surface area contributed by atoms with Gasteiger partial charge in [-0.25, -0.2) is 0 Å². The number of carbonyl (C=O) groups is 1. The summed E-state index contributed by atoms with van der Waals surface area (Å²) < 4.78 is 5.67. The van der Waals surface area contributed by atoms with Crippen molar-refractivity contribution in [3.63, 3.8) is 0 Å². The van der Waals surface area contributed by atoms with Gasteiger partial charge >= 0.3 is 0 Å². The lowest BCUT2D eigenvalue weighted by Gasteiger charge is -2.37. The Labute approximate surface area is 129 Å². The summed E-state index contributed by atoms with van der Waals surface area (Å²) in [6.45, 7) is 5.03. The van der Waals surface area contributed by atoms with Gasteiger partial charge in [0.2, 0.25) is 0 Å². The van der Waals surface area contributed by atoms with E-state index in [1.807, 2.05) is 17.9 Å². The monoisotopic (exact) mass is 309 g/mol. The summed E-state index contributed by atoms with van der Waals surface area (Å²) in [6, 6.07) is 1.92. The molecule has 0 bridgehead atoms. The molecule has 2 saturated heterocycles. The molecule has 0 radical (unpaired) electrons. The lowest BCUT2D eigenvalue weighted by Crippen LogP contribution is -2.51. The number of hydrogen-bond donors (Lipinski definition) is 0. The van der Waals surface area contributed by atoms with Gasteiger partial charge in [0, 0.05) is 38.6 Å². The molecule has 2 atom stereocenters. The molecule has 3 rings (SSSR count). The predicted molar refractivity (Wildman–Crippen MR) is 81.6 cm³/mol. The first-order valence-electron chi connectivity index (χ1n) is 7.44. The summed E-state index contributed by atoms with van der Waals surface area (Å²) >= 11 is 6.17. The Balaban J connectivity index is 1.58. The van der Waals surface area contributed by atoms with Gasteiger partial charge in [0.05, 0.1) is 16.8 Å². The Hall–Kier alpha value is -1.33. The number of amides is 1. The molecule has 0 N–H and O–H groups in total. The van der Waals surface area contributed by atoms with Crippen LogP contribution in [0, 0.1) is 0 Å². The van der Waals surface area contributed by atoms with E-state index in [9.17, 15) is 4.79 Å². The second-order valence-electron chi connectivity index (χ2n) is 5.65. The van der Waals surface area contributed by atoms with Crippen molar-refractivity contribution in [2.45, 2.75) is 32.0 Å². The average Bonchev–Trinajstić information content (AvgIpc) is 2.94. The number of halogens is 1. The maximum Gasteiger partial charge on any atom is 0.251 e. The third-order valence-electron chi connectivity index (χ3n) is 4.19. The van der Waals surface area contributed by atoms with Gasteiger partial charge in [-0.3, -0.25) is 9.78 Å². The third-order valence-corrected chi connectivity index (χ3v) is 4.48. The van der Waals surface area contributed by atoms with E-state index >= 15 is 0 Å². The Kier molecular flexibility index (Phi) is 4.31. The number of hydrogen-bond acceptors (Lipinski definition) is 4. The Bertz CT molecular complexity index is 517. The number of nitrogens with zero attached hydrogens (tertiary/aromatic N) is 3. The second-order valence-corrected chi connectivity index (χ2v) is 6.06. The summed E-state index contributed by atoms with van der Waals surface area (Å²) in [6.07, 6.45) is 5.18. The van der Waals surface area contributed by atoms with Crippen molar-refractivity contribution >= 4 is 23.2 Å². The maximum absolute atomic E-state index is 12.4. The van der Waals surface area contributed by atoms with Gasteiger partial charge in [-0.05, 0) is 25.8 Å². The van der Waals surface area contributed by atoms with Crippen LogP contribution in [0.25, 0.3) is 0 Å². The molecule has 5 nitrogen and oxygen atoms in total. The van der Waals surface area contributed by atoms with E-state index in [-0.39, 0.29) is 18.1 Å². The number of anilines is 1. The molecule has 21 heavy (non-hydrogen) atoms. The fourth-order valence-electron chi connectivity index (χ4n) is 2.98. The van der Waals surface area contributed by atoms with Crippen molar-refractivity contribution in [3.8, 4) is 0 Å². The summed E-state index contributed by atoms with van der Waals surface area (Å²) in [7, 11) is 0. The van der Waals surface area contributed by atoms with Crippen molar-refractivity contribution in [3.05, 3.63) is 23.5 Å². The van der Waals surface area contributed by atoms with Crippen LogP contribution in [-0.2, 0) is 9.53 Å². The quantitative estimate of drug-likeness (QED) is 0.838. The normalized spacial score (nSPS) is 26.2. The first-order chi connectivity index (χ1) is 10.1. The fraction of sp³-hybridized carbons (Fsp3) is 0.600. The molecule has 2 aliphatic heterocycles. The minimum Gasteiger partial charge on any atom is -0.367 e. The van der Waals surface area contributed by atoms with Gasteiger partial charge in [-0.15, -0.1) is 0 Å². The van der Waals surface area contributed by atoms with Gasteiger partial charge in [0.25, 0.3) is 5.91 Å². The highest BCUT2D eigenvalue weighted by Gasteiger charge is 2.33. The predicted octanol–water partition coefficient (Wildman–Crippen LogP) is 1.95. The van der Waals surface area contributed by atoms with E-state index in [4.69, 9.17) is 16.3 Å². The van der Waals surface area contributed by atoms with Crippen LogP contribution in [0.4, 0.5) is 5.69 Å². The summed E-state index contributed by atoms with van der Waals surface area (Å²) in [5, 5.41) is 0.658. The zero-order valence-corrected chi connectivity index (χ0v) is 12.9. The van der Waals surface area contributed by atoms with Crippen LogP contribution in [0.3, 0.4) is 0 Å². The van der Waals surface area contributed by atoms with Crippen molar-refractivity contribution in [2.24, 2.45) is 0 Å². The molecule has 1 aromatic heterocycles. The van der Waals surface area contributed by atoms with Gasteiger partial charge in [0.15, 0.2) is 0 Å². The minimum atomic E-state index is -0.240. The van der Waals surface area contributed by atoms with Crippen LogP contribution < -0.4 is 4.90 Å². The van der Waals surface area contributed by atoms with E-state index in [0.717, 1.165) is 31.6 Å². The van der Waals surface area contributed by atoms with Crippen molar-refractivity contribution in [1.82, 2.24) is 9.88 Å². The number of rotatable bonds is 2. The molecular formula is C15H20ClN3O2. The SMILES string of the molecule is CC1CCC(C(=O)N2CCN(c3ccncc3Cl)CC2)O1. The number of ether oxygens (including phenoxy) is 1. The Morgan fingerprint density at radius 3 is 2.71 bits per heavy atom. The minimum absolute atomic E-state index is 0.139. The second kappa shape index (κ2) is 6.20. The van der Waals surface area contributed by atoms with Gasteiger partial charge in [-0.2, -0.15) is 0 Å². The molecule has 0 spiro atoms. The summed E-state index contributed by atoms with van der Waals surface area (Å²) in [5.74, 6) is 0.139. The number of piperazine rings is 1. The fourth-order valence-corrected chi connectivity index (χ4v) is 3.22. The third kappa shape index (κ3) is 3.14. The molecule has 2 unspecified atom stereocenters. The molecule has 6 heteroatoms. The van der Waals surface area contributed by atoms with Gasteiger partial charge in [-0.1, -0.05) is 11.6 Å². The zero-order valence-electron chi connectivity index (χ0n) is 12.2. The molecule has 0 aromatic carbocycles. The molecule has 3 heterocycles. The van der Waals surface area contributed by atoms with E-state index in [1.165, 1.54) is 0 Å². The van der Waals surface area contributed by atoms with Crippen LogP contribution >= 0.6 is 11.6 Å². The van der Waals surface area contributed by atoms with Crippen LogP contribution in [0.2, 0.25) is 5.02 Å². The number of aromatic nitrogens is 1. The van der Waals surface area contributed by atoms with Crippen LogP contribution in [0.1, 0.15) is 19.8 Å². The maximum atomic E-state index is 12.4. The number of pyridine rings is 1. The van der Waals surface area contributed by atoms with Crippen molar-refractivity contribution in [2.75, 3.05) is 31.1 Å². The van der Waals surface area contributed by atoms with E-state index in [2.05, 4.69) is 9.88 Å². The van der Waals surface area contributed by atoms with E-state index in [0.29, 0.717) is 18.1 Å². The highest BCUT2D eigenvalue weighted by molar-refractivity contribution is 6.33. The number of carbonyl (C=O) groups excluding carboxylic acids is 1. The lowest BCUT2D eigenvalue weighted by molar-refractivity contribution is -0.142. The Morgan fingerprint density at radius 1 is 1.33 bits per heavy atom. The summed E-state index contributed by atoms with van der Waals surface area (Å²) in [4.78, 5) is 20.5. The van der Waals surface area contributed by atoms with E-state index < -0.39 is 0 Å². The molecule has 0 saturated carbocycles. The smallest absolute Gasteiger partial charge is 0.251 e. The van der Waals surface area contributed by atoms with Gasteiger partial charge in [0.1, 0.15) is 6.10 Å². The highest BCUT2D eigenvalue weighted by atomic mass is 35.5. The van der Waals surface area contributed by atoms with E-state index in [1.54, 1.807) is 12.4 Å². The Morgan fingerprint density at radius 2 is 2.10 bits per heavy atom. The standard InChI is InChI=1S/C15H20ClN3O2/c1-11-2-3-14(21-11)15(20)19-8-6-18(7-9-19)13-4-5-17-10-12(13)16/h4-5,10-11,14H,2-3,6-9H2,1H3. The zero-order chi connectivity index (χ0) is 14.8. The lowest BCUT2D eigenvalue weighted by atomic mass is 10.1. The largest absolute Gasteiger partial charge is 0.367 e. The van der Waals surface area contributed by atoms with Crippen LogP contribution in [-0.4, -0.2) is 54.2 Å². The molecule has 114 valence electrons. The van der Waals surface area contributed by atoms with Crippen LogP contribution in [0.15, 0.2) is 18.5 Å². The molecule has 1 aromatic rings. The first-order valence-corrected chi connectivity index (χ1v) is 7.81. The van der Waals surface area contributed by atoms with Crippen LogP contribution in [0.5, 0.6) is 0 Å². The molecule has 2 aliphatic rings. The first kappa shape index (κ1) is 14.6.